The predicted octanol–water partition coefficient (Wildman–Crippen LogP) is 1.59. The largest absolute Gasteiger partial charge is 0.377 e. The molecule has 0 aromatic heterocycles. The zero-order valence-corrected chi connectivity index (χ0v) is 5.66. The molecule has 0 aromatic carbocycles. The third-order valence-electron chi connectivity index (χ3n) is 0.715. The normalized spacial score (nSPS) is 16.7. The van der Waals surface area contributed by atoms with Gasteiger partial charge in [-0.05, 0) is 0 Å². The Morgan fingerprint density at radius 2 is 1.57 bits per heavy atom. The Balaban J connectivity index is 3.54. The monoisotopic (exact) mass is 122 g/mol. The summed E-state index contributed by atoms with van der Waals surface area (Å²) >= 11 is 5.31. The van der Waals surface area contributed by atoms with Crippen molar-refractivity contribution in [2.24, 2.45) is 5.41 Å². The first-order chi connectivity index (χ1) is 2.94. The lowest BCUT2D eigenvalue weighted by Gasteiger charge is -2.18. The first kappa shape index (κ1) is 7.25. The van der Waals surface area contributed by atoms with Crippen LogP contribution in [0.1, 0.15) is 20.8 Å². The van der Waals surface area contributed by atoms with Crippen LogP contribution in [-0.2, 0) is 0 Å². The van der Waals surface area contributed by atoms with Crippen molar-refractivity contribution in [2.45, 2.75) is 26.3 Å². The minimum absolute atomic E-state index is 0.179. The number of rotatable bonds is 0. The standard InChI is InChI=1S/C5H11ClO/c1-5(2,3)4(6)7/h4,7H,1-3H3. The maximum atomic E-state index is 8.65. The van der Waals surface area contributed by atoms with Crippen molar-refractivity contribution in [3.05, 3.63) is 0 Å². The summed E-state index contributed by atoms with van der Waals surface area (Å²) < 4.78 is 0. The highest BCUT2D eigenvalue weighted by molar-refractivity contribution is 6.19. The smallest absolute Gasteiger partial charge is 0.132 e. The molecule has 0 fully saturated rings. The molecule has 44 valence electrons. The Morgan fingerprint density at radius 3 is 1.57 bits per heavy atom. The fraction of sp³-hybridized carbons (Fsp3) is 1.00. The molecule has 0 aliphatic rings. The van der Waals surface area contributed by atoms with Gasteiger partial charge in [0.05, 0.1) is 0 Å². The van der Waals surface area contributed by atoms with Crippen molar-refractivity contribution in [3.8, 4) is 0 Å². The second-order valence-corrected chi connectivity index (χ2v) is 3.12. The molecular weight excluding hydrogens is 112 g/mol. The van der Waals surface area contributed by atoms with Gasteiger partial charge in [0.25, 0.3) is 0 Å². The summed E-state index contributed by atoms with van der Waals surface area (Å²) in [5.41, 5.74) is -0.908. The molecule has 0 bridgehead atoms. The Hall–Kier alpha value is 0.250. The lowest BCUT2D eigenvalue weighted by Crippen LogP contribution is -2.19. The van der Waals surface area contributed by atoms with Crippen LogP contribution in [0.4, 0.5) is 0 Å². The summed E-state index contributed by atoms with van der Waals surface area (Å²) in [5, 5.41) is 8.65. The zero-order valence-electron chi connectivity index (χ0n) is 4.90. The van der Waals surface area contributed by atoms with E-state index in [0.29, 0.717) is 0 Å². The van der Waals surface area contributed by atoms with E-state index in [1.54, 1.807) is 0 Å². The van der Waals surface area contributed by atoms with Crippen LogP contribution in [-0.4, -0.2) is 10.7 Å². The van der Waals surface area contributed by atoms with Crippen molar-refractivity contribution >= 4 is 11.6 Å². The zero-order chi connectivity index (χ0) is 6.08. The van der Waals surface area contributed by atoms with Gasteiger partial charge in [0, 0.05) is 5.41 Å². The molecule has 0 aliphatic heterocycles. The molecule has 2 heteroatoms. The van der Waals surface area contributed by atoms with E-state index in [0.717, 1.165) is 0 Å². The van der Waals surface area contributed by atoms with Crippen molar-refractivity contribution in [3.63, 3.8) is 0 Å². The third kappa shape index (κ3) is 2.89. The summed E-state index contributed by atoms with van der Waals surface area (Å²) in [6.07, 6.45) is 0. The maximum absolute atomic E-state index is 8.65. The first-order valence-corrected chi connectivity index (χ1v) is 2.70. The van der Waals surface area contributed by atoms with Crippen LogP contribution in [0, 0.1) is 5.41 Å². The molecule has 1 N–H and O–H groups in total. The number of hydrogen-bond donors (Lipinski definition) is 1. The van der Waals surface area contributed by atoms with Gasteiger partial charge < -0.3 is 5.11 Å². The lowest BCUT2D eigenvalue weighted by atomic mass is 9.98. The molecule has 0 saturated heterocycles. The van der Waals surface area contributed by atoms with E-state index < -0.39 is 5.56 Å². The highest BCUT2D eigenvalue weighted by Gasteiger charge is 2.18. The summed E-state index contributed by atoms with van der Waals surface area (Å²) in [6, 6.07) is 0. The molecular formula is C5H11ClO. The minimum Gasteiger partial charge on any atom is -0.377 e. The Kier molecular flexibility index (Phi) is 2.09. The van der Waals surface area contributed by atoms with Crippen molar-refractivity contribution in [2.75, 3.05) is 0 Å². The molecule has 0 amide bonds. The van der Waals surface area contributed by atoms with Gasteiger partial charge in [-0.1, -0.05) is 32.4 Å². The van der Waals surface area contributed by atoms with Gasteiger partial charge in [0.15, 0.2) is 0 Å². The lowest BCUT2D eigenvalue weighted by molar-refractivity contribution is 0.136. The maximum Gasteiger partial charge on any atom is 0.132 e. The minimum atomic E-state index is -0.729. The van der Waals surface area contributed by atoms with Crippen LogP contribution < -0.4 is 0 Å². The number of aliphatic hydroxyl groups is 1. The molecule has 0 radical (unpaired) electrons. The second-order valence-electron chi connectivity index (χ2n) is 2.70. The number of aliphatic hydroxyl groups excluding tert-OH is 1. The van der Waals surface area contributed by atoms with Gasteiger partial charge in [-0.15, -0.1) is 0 Å². The molecule has 1 atom stereocenters. The topological polar surface area (TPSA) is 20.2 Å². The highest BCUT2D eigenvalue weighted by Crippen LogP contribution is 2.20. The SMILES string of the molecule is CC(C)(C)C(O)Cl. The summed E-state index contributed by atoms with van der Waals surface area (Å²) in [7, 11) is 0. The summed E-state index contributed by atoms with van der Waals surface area (Å²) in [6.45, 7) is 5.64. The number of halogens is 1. The summed E-state index contributed by atoms with van der Waals surface area (Å²) in [4.78, 5) is 0. The van der Waals surface area contributed by atoms with E-state index in [1.807, 2.05) is 20.8 Å². The van der Waals surface area contributed by atoms with Gasteiger partial charge in [0.2, 0.25) is 0 Å². The van der Waals surface area contributed by atoms with Crippen LogP contribution in [0.25, 0.3) is 0 Å². The quantitative estimate of drug-likeness (QED) is 0.484. The average molecular weight is 123 g/mol. The average Bonchev–Trinajstić information content (AvgIpc) is 1.31. The van der Waals surface area contributed by atoms with Crippen molar-refractivity contribution < 1.29 is 5.11 Å². The van der Waals surface area contributed by atoms with Crippen LogP contribution in [0.3, 0.4) is 0 Å². The van der Waals surface area contributed by atoms with E-state index in [-0.39, 0.29) is 5.41 Å². The van der Waals surface area contributed by atoms with Crippen LogP contribution >= 0.6 is 11.6 Å². The molecule has 7 heavy (non-hydrogen) atoms. The molecule has 1 unspecified atom stereocenters. The van der Waals surface area contributed by atoms with Gasteiger partial charge in [-0.3, -0.25) is 0 Å². The van der Waals surface area contributed by atoms with Gasteiger partial charge >= 0.3 is 0 Å². The fourth-order valence-electron chi connectivity index (χ4n) is 0. The number of hydrogen-bond acceptors (Lipinski definition) is 1. The van der Waals surface area contributed by atoms with E-state index >= 15 is 0 Å². The van der Waals surface area contributed by atoms with Gasteiger partial charge in [-0.2, -0.15) is 0 Å². The second kappa shape index (κ2) is 2.01. The third-order valence-corrected chi connectivity index (χ3v) is 1.37. The van der Waals surface area contributed by atoms with E-state index in [4.69, 9.17) is 16.7 Å². The van der Waals surface area contributed by atoms with E-state index in [1.165, 1.54) is 0 Å². The number of alkyl halides is 1. The first-order valence-electron chi connectivity index (χ1n) is 2.27. The molecule has 1 nitrogen and oxygen atoms in total. The van der Waals surface area contributed by atoms with Crippen LogP contribution in [0.15, 0.2) is 0 Å². The molecule has 0 rings (SSSR count). The van der Waals surface area contributed by atoms with E-state index in [2.05, 4.69) is 0 Å². The van der Waals surface area contributed by atoms with E-state index in [9.17, 15) is 0 Å². The van der Waals surface area contributed by atoms with Gasteiger partial charge in [0.1, 0.15) is 5.56 Å². The van der Waals surface area contributed by atoms with Crippen LogP contribution in [0.2, 0.25) is 0 Å². The van der Waals surface area contributed by atoms with Crippen molar-refractivity contribution in [1.82, 2.24) is 0 Å². The van der Waals surface area contributed by atoms with Gasteiger partial charge in [-0.25, -0.2) is 0 Å². The molecule has 0 aromatic rings. The van der Waals surface area contributed by atoms with Crippen molar-refractivity contribution in [1.29, 1.82) is 0 Å². The predicted molar refractivity (Wildman–Crippen MR) is 31.3 cm³/mol. The molecule has 0 heterocycles. The molecule has 0 aliphatic carbocycles. The fourth-order valence-corrected chi connectivity index (χ4v) is 0. The molecule has 0 spiro atoms. The molecule has 0 saturated carbocycles. The Bertz CT molecular complexity index is 53.6. The Morgan fingerprint density at radius 1 is 1.43 bits per heavy atom. The van der Waals surface area contributed by atoms with Crippen LogP contribution in [0.5, 0.6) is 0 Å². The summed E-state index contributed by atoms with van der Waals surface area (Å²) in [5.74, 6) is 0. The highest BCUT2D eigenvalue weighted by atomic mass is 35.5. The Labute approximate surface area is 49.3 Å².